The third-order valence-electron chi connectivity index (χ3n) is 4.51. The maximum Gasteiger partial charge on any atom is 0.251 e. The van der Waals surface area contributed by atoms with Crippen molar-refractivity contribution in [3.05, 3.63) is 71.0 Å². The summed E-state index contributed by atoms with van der Waals surface area (Å²) in [5, 5.41) is 9.34. The van der Waals surface area contributed by atoms with Gasteiger partial charge in [0.05, 0.1) is 0 Å². The van der Waals surface area contributed by atoms with Crippen molar-refractivity contribution in [2.75, 3.05) is 20.1 Å². The van der Waals surface area contributed by atoms with Crippen molar-refractivity contribution in [1.29, 1.82) is 0 Å². The minimum atomic E-state index is -0.266. The number of hydrogen-bond acceptors (Lipinski definition) is 2. The van der Waals surface area contributed by atoms with Gasteiger partial charge < -0.3 is 16.0 Å². The van der Waals surface area contributed by atoms with Crippen LogP contribution in [0.25, 0.3) is 0 Å². The van der Waals surface area contributed by atoms with Gasteiger partial charge >= 0.3 is 0 Å². The predicted molar refractivity (Wildman–Crippen MR) is 112 cm³/mol. The van der Waals surface area contributed by atoms with E-state index in [2.05, 4.69) is 34.8 Å². The second-order valence-corrected chi connectivity index (χ2v) is 7.23. The lowest BCUT2D eigenvalue weighted by molar-refractivity contribution is 0.0955. The topological polar surface area (TPSA) is 65.5 Å². The van der Waals surface area contributed by atoms with Crippen molar-refractivity contribution in [3.63, 3.8) is 0 Å². The van der Waals surface area contributed by atoms with E-state index < -0.39 is 0 Å². The molecule has 2 aromatic carbocycles. The Labute approximate surface area is 166 Å². The number of nitrogens with one attached hydrogen (secondary N) is 3. The van der Waals surface area contributed by atoms with E-state index in [1.165, 1.54) is 6.07 Å². The average molecular weight is 384 g/mol. The molecule has 0 aliphatic carbocycles. The fourth-order valence-corrected chi connectivity index (χ4v) is 2.81. The second-order valence-electron chi connectivity index (χ2n) is 7.23. The van der Waals surface area contributed by atoms with Crippen LogP contribution in [0.2, 0.25) is 0 Å². The van der Waals surface area contributed by atoms with E-state index in [0.29, 0.717) is 31.2 Å². The molecular formula is C22H29FN4O. The number of carbonyl (C=O) groups is 1. The summed E-state index contributed by atoms with van der Waals surface area (Å²) in [6, 6.07) is 14.1. The highest BCUT2D eigenvalue weighted by molar-refractivity contribution is 5.94. The lowest BCUT2D eigenvalue weighted by Crippen LogP contribution is -2.43. The molecule has 6 heteroatoms. The number of hydrogen-bond donors (Lipinski definition) is 3. The molecule has 5 nitrogen and oxygen atoms in total. The standard InChI is InChI=1S/C22H29FN4O/c1-5-25-20(28)17-9-6-8-16(12-17)14-26-21(24-4)27-15-22(2,3)18-10-7-11-19(23)13-18/h6-13H,5,14-15H2,1-4H3,(H,25,28)(H2,24,26,27). The summed E-state index contributed by atoms with van der Waals surface area (Å²) >= 11 is 0. The highest BCUT2D eigenvalue weighted by Crippen LogP contribution is 2.22. The normalized spacial score (nSPS) is 11.8. The Hall–Kier alpha value is -2.89. The third kappa shape index (κ3) is 6.08. The van der Waals surface area contributed by atoms with E-state index in [4.69, 9.17) is 0 Å². The lowest BCUT2D eigenvalue weighted by atomic mass is 9.84. The second kappa shape index (κ2) is 9.88. The lowest BCUT2D eigenvalue weighted by Gasteiger charge is -2.27. The number of nitrogens with zero attached hydrogens (tertiary/aromatic N) is 1. The van der Waals surface area contributed by atoms with Gasteiger partial charge in [0.1, 0.15) is 5.82 Å². The zero-order chi connectivity index (χ0) is 20.6. The fraction of sp³-hybridized carbons (Fsp3) is 0.364. The largest absolute Gasteiger partial charge is 0.356 e. The summed E-state index contributed by atoms with van der Waals surface area (Å²) in [5.74, 6) is 0.330. The number of rotatable bonds is 7. The van der Waals surface area contributed by atoms with Gasteiger partial charge in [-0.2, -0.15) is 0 Å². The number of amides is 1. The van der Waals surface area contributed by atoms with Crippen LogP contribution in [0.5, 0.6) is 0 Å². The van der Waals surface area contributed by atoms with Crippen LogP contribution < -0.4 is 16.0 Å². The molecule has 0 spiro atoms. The van der Waals surface area contributed by atoms with Crippen LogP contribution in [0.1, 0.15) is 42.3 Å². The molecule has 0 bridgehead atoms. The number of aliphatic imine (C=N–C) groups is 1. The van der Waals surface area contributed by atoms with Gasteiger partial charge in [0.15, 0.2) is 5.96 Å². The Balaban J connectivity index is 1.95. The molecule has 0 aliphatic rings. The average Bonchev–Trinajstić information content (AvgIpc) is 2.68. The van der Waals surface area contributed by atoms with Gasteiger partial charge in [0.25, 0.3) is 5.91 Å². The summed E-state index contributed by atoms with van der Waals surface area (Å²) in [6.45, 7) is 7.72. The smallest absolute Gasteiger partial charge is 0.251 e. The first-order valence-electron chi connectivity index (χ1n) is 9.43. The van der Waals surface area contributed by atoms with Crippen LogP contribution in [0.4, 0.5) is 4.39 Å². The molecule has 150 valence electrons. The summed E-state index contributed by atoms with van der Waals surface area (Å²) < 4.78 is 13.5. The molecule has 0 saturated carbocycles. The first-order chi connectivity index (χ1) is 13.4. The molecule has 0 fully saturated rings. The molecule has 0 aliphatic heterocycles. The van der Waals surface area contributed by atoms with E-state index in [-0.39, 0.29) is 17.1 Å². The molecule has 0 unspecified atom stereocenters. The van der Waals surface area contributed by atoms with Crippen molar-refractivity contribution >= 4 is 11.9 Å². The van der Waals surface area contributed by atoms with Crippen LogP contribution in [-0.2, 0) is 12.0 Å². The number of carbonyl (C=O) groups excluding carboxylic acids is 1. The molecule has 0 heterocycles. The van der Waals surface area contributed by atoms with E-state index in [9.17, 15) is 9.18 Å². The van der Waals surface area contributed by atoms with Gasteiger partial charge in [0, 0.05) is 37.7 Å². The first-order valence-corrected chi connectivity index (χ1v) is 9.43. The number of halogens is 1. The number of guanidine groups is 1. The van der Waals surface area contributed by atoms with E-state index in [0.717, 1.165) is 11.1 Å². The predicted octanol–water partition coefficient (Wildman–Crippen LogP) is 3.22. The van der Waals surface area contributed by atoms with Crippen molar-refractivity contribution < 1.29 is 9.18 Å². The molecule has 3 N–H and O–H groups in total. The Morgan fingerprint density at radius 1 is 1.07 bits per heavy atom. The summed E-state index contributed by atoms with van der Waals surface area (Å²) in [4.78, 5) is 16.2. The molecule has 2 rings (SSSR count). The number of benzene rings is 2. The van der Waals surface area contributed by atoms with Gasteiger partial charge in [-0.1, -0.05) is 38.1 Å². The van der Waals surface area contributed by atoms with Gasteiger partial charge in [-0.15, -0.1) is 0 Å². The third-order valence-corrected chi connectivity index (χ3v) is 4.51. The Morgan fingerprint density at radius 2 is 1.82 bits per heavy atom. The van der Waals surface area contributed by atoms with Crippen LogP contribution in [0, 0.1) is 5.82 Å². The maximum atomic E-state index is 13.5. The van der Waals surface area contributed by atoms with Crippen LogP contribution in [-0.4, -0.2) is 32.0 Å². The Morgan fingerprint density at radius 3 is 2.50 bits per heavy atom. The molecule has 0 radical (unpaired) electrons. The Bertz CT molecular complexity index is 833. The Kier molecular flexibility index (Phi) is 7.55. The molecule has 28 heavy (non-hydrogen) atoms. The SMILES string of the molecule is CCNC(=O)c1cccc(CNC(=NC)NCC(C)(C)c2cccc(F)c2)c1. The van der Waals surface area contributed by atoms with E-state index >= 15 is 0 Å². The molecular weight excluding hydrogens is 355 g/mol. The molecule has 1 amide bonds. The zero-order valence-corrected chi connectivity index (χ0v) is 17.0. The minimum Gasteiger partial charge on any atom is -0.356 e. The van der Waals surface area contributed by atoms with Crippen molar-refractivity contribution in [2.24, 2.45) is 4.99 Å². The fourth-order valence-electron chi connectivity index (χ4n) is 2.81. The minimum absolute atomic E-state index is 0.0799. The van der Waals surface area contributed by atoms with Gasteiger partial charge in [0.2, 0.25) is 0 Å². The first kappa shape index (κ1) is 21.4. The highest BCUT2D eigenvalue weighted by Gasteiger charge is 2.21. The zero-order valence-electron chi connectivity index (χ0n) is 17.0. The monoisotopic (exact) mass is 384 g/mol. The molecule has 2 aromatic rings. The molecule has 0 saturated heterocycles. The van der Waals surface area contributed by atoms with Crippen molar-refractivity contribution in [1.82, 2.24) is 16.0 Å². The van der Waals surface area contributed by atoms with Crippen LogP contribution >= 0.6 is 0 Å². The quantitative estimate of drug-likeness (QED) is 0.507. The van der Waals surface area contributed by atoms with Crippen LogP contribution in [0.15, 0.2) is 53.5 Å². The maximum absolute atomic E-state index is 13.5. The van der Waals surface area contributed by atoms with Crippen molar-refractivity contribution in [3.8, 4) is 0 Å². The van der Waals surface area contributed by atoms with E-state index in [1.807, 2.05) is 31.2 Å². The summed E-state index contributed by atoms with van der Waals surface area (Å²) in [6.07, 6.45) is 0. The van der Waals surface area contributed by atoms with E-state index in [1.54, 1.807) is 25.2 Å². The summed E-state index contributed by atoms with van der Waals surface area (Å²) in [5.41, 5.74) is 2.27. The molecule has 0 atom stereocenters. The van der Waals surface area contributed by atoms with Gasteiger partial charge in [-0.25, -0.2) is 4.39 Å². The van der Waals surface area contributed by atoms with Crippen molar-refractivity contribution in [2.45, 2.75) is 32.7 Å². The molecule has 0 aromatic heterocycles. The van der Waals surface area contributed by atoms with Crippen LogP contribution in [0.3, 0.4) is 0 Å². The summed E-state index contributed by atoms with van der Waals surface area (Å²) in [7, 11) is 1.70. The van der Waals surface area contributed by atoms with Gasteiger partial charge in [-0.05, 0) is 42.3 Å². The van der Waals surface area contributed by atoms with Gasteiger partial charge in [-0.3, -0.25) is 9.79 Å². The highest BCUT2D eigenvalue weighted by atomic mass is 19.1.